The van der Waals surface area contributed by atoms with E-state index in [2.05, 4.69) is 11.9 Å². The molecule has 1 aliphatic heterocycles. The van der Waals surface area contributed by atoms with Crippen LogP contribution in [-0.2, 0) is 15.9 Å². The fraction of sp³-hybridized carbons (Fsp3) is 0.429. The number of hydrogen-bond acceptors (Lipinski definition) is 5. The molecule has 0 bridgehead atoms. The van der Waals surface area contributed by atoms with E-state index in [1.54, 1.807) is 0 Å². The van der Waals surface area contributed by atoms with Gasteiger partial charge in [-0.1, -0.05) is 19.1 Å². The summed E-state index contributed by atoms with van der Waals surface area (Å²) in [5.41, 5.74) is 4.82. The molecular formula is C21H25N3O3. The van der Waals surface area contributed by atoms with Crippen LogP contribution in [-0.4, -0.2) is 39.7 Å². The van der Waals surface area contributed by atoms with Crippen LogP contribution in [0.4, 0.5) is 0 Å². The van der Waals surface area contributed by atoms with Gasteiger partial charge in [-0.05, 0) is 51.5 Å². The first-order valence-electron chi connectivity index (χ1n) is 9.36. The smallest absolute Gasteiger partial charge is 0.163 e. The Balaban J connectivity index is 1.62. The molecule has 0 spiro atoms. The molecule has 27 heavy (non-hydrogen) atoms. The number of ether oxygens (including phenoxy) is 3. The normalized spacial score (nSPS) is 18.9. The second kappa shape index (κ2) is 6.94. The standard InChI is InChI=1S/C21H25N3O3/c1-5-18-14(2)22-20-11-10-17(23-24(18)20)16-8-6-7-9-19(16)25-12-15-13-26-21(3,4)27-15/h6-11,15H,5,12-13H2,1-4H3/t15-/m0/s1. The lowest BCUT2D eigenvalue weighted by Crippen LogP contribution is -2.25. The number of aryl methyl sites for hydroxylation is 2. The van der Waals surface area contributed by atoms with Gasteiger partial charge in [-0.15, -0.1) is 0 Å². The highest BCUT2D eigenvalue weighted by Crippen LogP contribution is 2.30. The monoisotopic (exact) mass is 367 g/mol. The van der Waals surface area contributed by atoms with Gasteiger partial charge in [0.1, 0.15) is 18.5 Å². The number of para-hydroxylation sites is 1. The Morgan fingerprint density at radius 3 is 2.78 bits per heavy atom. The highest BCUT2D eigenvalue weighted by Gasteiger charge is 2.33. The van der Waals surface area contributed by atoms with Crippen molar-refractivity contribution in [3.8, 4) is 17.0 Å². The molecule has 6 heteroatoms. The zero-order valence-electron chi connectivity index (χ0n) is 16.2. The van der Waals surface area contributed by atoms with Crippen molar-refractivity contribution in [2.24, 2.45) is 0 Å². The van der Waals surface area contributed by atoms with Gasteiger partial charge in [0, 0.05) is 5.56 Å². The molecule has 1 aliphatic rings. The van der Waals surface area contributed by atoms with Crippen molar-refractivity contribution >= 4 is 5.65 Å². The molecule has 0 N–H and O–H groups in total. The van der Waals surface area contributed by atoms with Crippen molar-refractivity contribution in [2.45, 2.75) is 46.0 Å². The molecule has 0 radical (unpaired) electrons. The largest absolute Gasteiger partial charge is 0.490 e. The molecule has 0 amide bonds. The fourth-order valence-electron chi connectivity index (χ4n) is 3.47. The molecule has 4 rings (SSSR count). The summed E-state index contributed by atoms with van der Waals surface area (Å²) in [6, 6.07) is 11.9. The summed E-state index contributed by atoms with van der Waals surface area (Å²) in [6.07, 6.45) is 0.808. The Labute approximate surface area is 159 Å². The van der Waals surface area contributed by atoms with E-state index in [9.17, 15) is 0 Å². The van der Waals surface area contributed by atoms with Crippen LogP contribution in [0.3, 0.4) is 0 Å². The molecule has 1 aromatic carbocycles. The minimum Gasteiger partial charge on any atom is -0.490 e. The van der Waals surface area contributed by atoms with Crippen LogP contribution in [0, 0.1) is 6.92 Å². The fourth-order valence-corrected chi connectivity index (χ4v) is 3.47. The Morgan fingerprint density at radius 1 is 1.22 bits per heavy atom. The van der Waals surface area contributed by atoms with Crippen molar-refractivity contribution in [1.29, 1.82) is 0 Å². The third-order valence-corrected chi connectivity index (χ3v) is 4.76. The van der Waals surface area contributed by atoms with E-state index >= 15 is 0 Å². The number of rotatable bonds is 5. The molecule has 0 saturated carbocycles. The summed E-state index contributed by atoms with van der Waals surface area (Å²) in [6.45, 7) is 8.94. The molecule has 3 heterocycles. The van der Waals surface area contributed by atoms with Gasteiger partial charge in [-0.2, -0.15) is 5.10 Å². The number of nitrogens with zero attached hydrogens (tertiary/aromatic N) is 3. The van der Waals surface area contributed by atoms with Gasteiger partial charge in [0.2, 0.25) is 0 Å². The predicted molar refractivity (Wildman–Crippen MR) is 103 cm³/mol. The van der Waals surface area contributed by atoms with Crippen LogP contribution in [0.2, 0.25) is 0 Å². The first-order valence-corrected chi connectivity index (χ1v) is 9.36. The van der Waals surface area contributed by atoms with Crippen molar-refractivity contribution in [2.75, 3.05) is 13.2 Å². The average molecular weight is 367 g/mol. The van der Waals surface area contributed by atoms with E-state index in [4.69, 9.17) is 19.3 Å². The Bertz CT molecular complexity index is 964. The van der Waals surface area contributed by atoms with Gasteiger partial charge in [-0.3, -0.25) is 0 Å². The summed E-state index contributed by atoms with van der Waals surface area (Å²) in [7, 11) is 0. The molecule has 1 saturated heterocycles. The molecule has 1 atom stereocenters. The van der Waals surface area contributed by atoms with Gasteiger partial charge in [-0.25, -0.2) is 9.50 Å². The topological polar surface area (TPSA) is 57.9 Å². The van der Waals surface area contributed by atoms with Crippen molar-refractivity contribution < 1.29 is 14.2 Å². The van der Waals surface area contributed by atoms with E-state index in [0.717, 1.165) is 40.5 Å². The maximum Gasteiger partial charge on any atom is 0.163 e. The molecule has 0 aliphatic carbocycles. The maximum atomic E-state index is 6.07. The number of imidazole rings is 1. The quantitative estimate of drug-likeness (QED) is 0.687. The van der Waals surface area contributed by atoms with Crippen LogP contribution in [0.25, 0.3) is 16.9 Å². The summed E-state index contributed by atoms with van der Waals surface area (Å²) in [5, 5.41) is 4.82. The second-order valence-electron chi connectivity index (χ2n) is 7.24. The SMILES string of the molecule is CCc1c(C)nc2ccc(-c3ccccc3OC[C@H]3COC(C)(C)O3)nn12. The minimum atomic E-state index is -0.546. The predicted octanol–water partition coefficient (Wildman–Crippen LogP) is 3.80. The molecular weight excluding hydrogens is 342 g/mol. The lowest BCUT2D eigenvalue weighted by molar-refractivity contribution is -0.141. The van der Waals surface area contributed by atoms with Gasteiger partial charge < -0.3 is 14.2 Å². The second-order valence-corrected chi connectivity index (χ2v) is 7.24. The van der Waals surface area contributed by atoms with Gasteiger partial charge in [0.05, 0.1) is 23.7 Å². The van der Waals surface area contributed by atoms with Crippen LogP contribution in [0.15, 0.2) is 36.4 Å². The summed E-state index contributed by atoms with van der Waals surface area (Å²) in [4.78, 5) is 4.58. The highest BCUT2D eigenvalue weighted by atomic mass is 16.7. The van der Waals surface area contributed by atoms with Crippen LogP contribution < -0.4 is 4.74 Å². The molecule has 142 valence electrons. The minimum absolute atomic E-state index is 0.0773. The third kappa shape index (κ3) is 3.55. The van der Waals surface area contributed by atoms with E-state index in [0.29, 0.717) is 13.2 Å². The van der Waals surface area contributed by atoms with Gasteiger partial charge in [0.25, 0.3) is 0 Å². The van der Waals surface area contributed by atoms with E-state index in [1.165, 1.54) is 0 Å². The first kappa shape index (κ1) is 17.9. The molecule has 6 nitrogen and oxygen atoms in total. The van der Waals surface area contributed by atoms with Gasteiger partial charge in [0.15, 0.2) is 11.4 Å². The summed E-state index contributed by atoms with van der Waals surface area (Å²) < 4.78 is 19.4. The number of fused-ring (bicyclic) bond motifs is 1. The summed E-state index contributed by atoms with van der Waals surface area (Å²) >= 11 is 0. The Kier molecular flexibility index (Phi) is 4.61. The number of hydrogen-bond donors (Lipinski definition) is 0. The number of aromatic nitrogens is 3. The van der Waals surface area contributed by atoms with Crippen LogP contribution >= 0.6 is 0 Å². The van der Waals surface area contributed by atoms with Crippen LogP contribution in [0.1, 0.15) is 32.2 Å². The first-order chi connectivity index (χ1) is 13.0. The van der Waals surface area contributed by atoms with E-state index in [1.807, 2.05) is 61.7 Å². The number of benzene rings is 1. The Hall–Kier alpha value is -2.44. The molecule has 1 fully saturated rings. The van der Waals surface area contributed by atoms with E-state index < -0.39 is 5.79 Å². The Morgan fingerprint density at radius 2 is 2.04 bits per heavy atom. The lowest BCUT2D eigenvalue weighted by atomic mass is 10.1. The summed E-state index contributed by atoms with van der Waals surface area (Å²) in [5.74, 6) is 0.239. The average Bonchev–Trinajstić information content (AvgIpc) is 3.17. The van der Waals surface area contributed by atoms with Gasteiger partial charge >= 0.3 is 0 Å². The zero-order valence-corrected chi connectivity index (χ0v) is 16.2. The van der Waals surface area contributed by atoms with Crippen LogP contribution in [0.5, 0.6) is 5.75 Å². The maximum absolute atomic E-state index is 6.07. The zero-order chi connectivity index (χ0) is 19.0. The van der Waals surface area contributed by atoms with E-state index in [-0.39, 0.29) is 6.10 Å². The van der Waals surface area contributed by atoms with Crippen molar-refractivity contribution in [3.63, 3.8) is 0 Å². The molecule has 2 aromatic heterocycles. The molecule has 3 aromatic rings. The molecule has 0 unspecified atom stereocenters. The van der Waals surface area contributed by atoms with Crippen molar-refractivity contribution in [3.05, 3.63) is 47.8 Å². The lowest BCUT2D eigenvalue weighted by Gasteiger charge is -2.18. The third-order valence-electron chi connectivity index (χ3n) is 4.76. The highest BCUT2D eigenvalue weighted by molar-refractivity contribution is 5.67. The van der Waals surface area contributed by atoms with Crippen molar-refractivity contribution in [1.82, 2.24) is 14.6 Å².